The number of anilines is 1. The number of nitrogens with two attached hydrogens (primary N) is 1. The Morgan fingerprint density at radius 1 is 1.29 bits per heavy atom. The Labute approximate surface area is 139 Å². The van der Waals surface area contributed by atoms with Gasteiger partial charge in [0.2, 0.25) is 5.91 Å². The monoisotopic (exact) mass is 333 g/mol. The number of carbonyl (C=O) groups excluding carboxylic acids is 1. The number of hydrogen-bond donors (Lipinski definition) is 2. The largest absolute Gasteiger partial charge is 0.373 e. The quantitative estimate of drug-likeness (QED) is 0.868. The number of likely N-dealkylation sites (N-methyl/N-ethyl adjacent to an activating group) is 1. The van der Waals surface area contributed by atoms with Gasteiger partial charge in [-0.2, -0.15) is 0 Å². The predicted octanol–water partition coefficient (Wildman–Crippen LogP) is 2.21. The third kappa shape index (κ3) is 6.12. The molecule has 1 aliphatic carbocycles. The van der Waals surface area contributed by atoms with Gasteiger partial charge in [0.25, 0.3) is 0 Å². The van der Waals surface area contributed by atoms with Crippen LogP contribution in [0, 0.1) is 5.92 Å². The summed E-state index contributed by atoms with van der Waals surface area (Å²) in [6, 6.07) is 10.4. The van der Waals surface area contributed by atoms with E-state index in [9.17, 15) is 4.79 Å². The summed E-state index contributed by atoms with van der Waals surface area (Å²) in [5, 5.41) is 3.01. The lowest BCUT2D eigenvalue weighted by Crippen LogP contribution is -2.36. The Hall–Kier alpha value is -0.970. The van der Waals surface area contributed by atoms with E-state index in [1.165, 1.54) is 5.69 Å². The van der Waals surface area contributed by atoms with E-state index in [0.29, 0.717) is 6.54 Å². The summed E-state index contributed by atoms with van der Waals surface area (Å²) in [5.41, 5.74) is 6.99. The summed E-state index contributed by atoms with van der Waals surface area (Å²) < 4.78 is 0. The van der Waals surface area contributed by atoms with Gasteiger partial charge >= 0.3 is 0 Å². The molecule has 1 fully saturated rings. The Bertz CT molecular complexity index is 417. The number of benzene rings is 1. The lowest BCUT2D eigenvalue weighted by Gasteiger charge is -2.20. The first-order valence-electron chi connectivity index (χ1n) is 6.96. The molecular formula is C15H25Cl2N3O. The molecule has 0 saturated heterocycles. The minimum Gasteiger partial charge on any atom is -0.373 e. The van der Waals surface area contributed by atoms with E-state index in [-0.39, 0.29) is 42.7 Å². The second-order valence-corrected chi connectivity index (χ2v) is 5.32. The first-order chi connectivity index (χ1) is 9.16. The van der Waals surface area contributed by atoms with Gasteiger partial charge in [0.15, 0.2) is 0 Å². The molecule has 2 unspecified atom stereocenters. The molecule has 0 radical (unpaired) electrons. The number of halogens is 2. The van der Waals surface area contributed by atoms with Crippen molar-refractivity contribution >= 4 is 36.4 Å². The lowest BCUT2D eigenvalue weighted by atomic mass is 10.1. The molecule has 0 bridgehead atoms. The van der Waals surface area contributed by atoms with Gasteiger partial charge in [0.05, 0.1) is 0 Å². The summed E-state index contributed by atoms with van der Waals surface area (Å²) in [6.45, 7) is 1.49. The van der Waals surface area contributed by atoms with Crippen molar-refractivity contribution in [3.8, 4) is 0 Å². The molecule has 4 nitrogen and oxygen atoms in total. The van der Waals surface area contributed by atoms with E-state index in [1.54, 1.807) is 0 Å². The van der Waals surface area contributed by atoms with Gasteiger partial charge in [-0.3, -0.25) is 4.79 Å². The molecule has 1 aliphatic rings. The summed E-state index contributed by atoms with van der Waals surface area (Å²) >= 11 is 0. The molecule has 1 aromatic carbocycles. The number of amides is 1. The van der Waals surface area contributed by atoms with Crippen LogP contribution in [0.3, 0.4) is 0 Å². The zero-order valence-electron chi connectivity index (χ0n) is 12.3. The molecule has 2 atom stereocenters. The Morgan fingerprint density at radius 3 is 2.52 bits per heavy atom. The maximum atomic E-state index is 11.9. The second-order valence-electron chi connectivity index (χ2n) is 5.32. The number of para-hydroxylation sites is 1. The fraction of sp³-hybridized carbons (Fsp3) is 0.533. The third-order valence-corrected chi connectivity index (χ3v) is 3.79. The van der Waals surface area contributed by atoms with Crippen molar-refractivity contribution in [2.45, 2.75) is 25.3 Å². The van der Waals surface area contributed by atoms with Crippen molar-refractivity contribution in [1.82, 2.24) is 5.32 Å². The molecule has 120 valence electrons. The van der Waals surface area contributed by atoms with Crippen molar-refractivity contribution in [3.05, 3.63) is 30.3 Å². The highest BCUT2D eigenvalue weighted by Crippen LogP contribution is 2.23. The van der Waals surface area contributed by atoms with Crippen molar-refractivity contribution in [1.29, 1.82) is 0 Å². The van der Waals surface area contributed by atoms with E-state index in [1.807, 2.05) is 25.2 Å². The average Bonchev–Trinajstić information content (AvgIpc) is 2.86. The molecule has 1 amide bonds. The molecule has 0 aromatic heterocycles. The van der Waals surface area contributed by atoms with E-state index >= 15 is 0 Å². The molecule has 1 aromatic rings. The van der Waals surface area contributed by atoms with Crippen LogP contribution in [-0.4, -0.2) is 32.1 Å². The van der Waals surface area contributed by atoms with Crippen molar-refractivity contribution < 1.29 is 4.79 Å². The van der Waals surface area contributed by atoms with Gasteiger partial charge in [-0.05, 0) is 31.4 Å². The molecule has 3 N–H and O–H groups in total. The number of rotatable bonds is 5. The average molecular weight is 334 g/mol. The zero-order chi connectivity index (χ0) is 13.7. The number of nitrogens with zero attached hydrogens (tertiary/aromatic N) is 1. The number of nitrogens with one attached hydrogen (secondary N) is 1. The van der Waals surface area contributed by atoms with Crippen LogP contribution in [0.15, 0.2) is 30.3 Å². The highest BCUT2D eigenvalue weighted by Gasteiger charge is 2.27. The van der Waals surface area contributed by atoms with Gasteiger partial charge < -0.3 is 16.0 Å². The van der Waals surface area contributed by atoms with Crippen LogP contribution in [0.4, 0.5) is 5.69 Å². The van der Waals surface area contributed by atoms with Gasteiger partial charge in [-0.25, -0.2) is 0 Å². The third-order valence-electron chi connectivity index (χ3n) is 3.79. The van der Waals surface area contributed by atoms with Crippen molar-refractivity contribution in [3.63, 3.8) is 0 Å². The van der Waals surface area contributed by atoms with Crippen LogP contribution in [-0.2, 0) is 4.79 Å². The van der Waals surface area contributed by atoms with Gasteiger partial charge in [0.1, 0.15) is 0 Å². The summed E-state index contributed by atoms with van der Waals surface area (Å²) in [6.07, 6.45) is 2.74. The lowest BCUT2D eigenvalue weighted by molar-refractivity contribution is -0.124. The first kappa shape index (κ1) is 20.0. The highest BCUT2D eigenvalue weighted by atomic mass is 35.5. The van der Waals surface area contributed by atoms with E-state index in [2.05, 4.69) is 22.3 Å². The van der Waals surface area contributed by atoms with E-state index in [0.717, 1.165) is 25.8 Å². The molecule has 0 spiro atoms. The molecule has 6 heteroatoms. The molecule has 21 heavy (non-hydrogen) atoms. The Kier molecular flexibility index (Phi) is 9.42. The van der Waals surface area contributed by atoms with Gasteiger partial charge in [0, 0.05) is 37.8 Å². The van der Waals surface area contributed by atoms with Crippen LogP contribution >= 0.6 is 24.8 Å². The topological polar surface area (TPSA) is 58.4 Å². The number of carbonyl (C=O) groups is 1. The van der Waals surface area contributed by atoms with Gasteiger partial charge in [-0.1, -0.05) is 18.2 Å². The van der Waals surface area contributed by atoms with E-state index in [4.69, 9.17) is 5.73 Å². The van der Waals surface area contributed by atoms with E-state index < -0.39 is 0 Å². The molecule has 1 saturated carbocycles. The fourth-order valence-electron chi connectivity index (χ4n) is 2.56. The zero-order valence-corrected chi connectivity index (χ0v) is 14.0. The number of hydrogen-bond acceptors (Lipinski definition) is 3. The van der Waals surface area contributed by atoms with Crippen molar-refractivity contribution in [2.24, 2.45) is 11.7 Å². The van der Waals surface area contributed by atoms with Crippen molar-refractivity contribution in [2.75, 3.05) is 25.0 Å². The van der Waals surface area contributed by atoms with Crippen LogP contribution in [0.5, 0.6) is 0 Å². The predicted molar refractivity (Wildman–Crippen MR) is 92.5 cm³/mol. The van der Waals surface area contributed by atoms with Crippen LogP contribution in [0.25, 0.3) is 0 Å². The standard InChI is InChI=1S/C15H23N3O.2ClH/c1-18(14-5-3-2-4-6-14)10-9-17-15(19)12-7-8-13(16)11-12;;/h2-6,12-13H,7-11,16H2,1H3,(H,17,19);2*1H. The first-order valence-corrected chi connectivity index (χ1v) is 6.96. The second kappa shape index (κ2) is 9.87. The van der Waals surface area contributed by atoms with Crippen LogP contribution in [0.2, 0.25) is 0 Å². The normalized spacial score (nSPS) is 20.1. The van der Waals surface area contributed by atoms with Crippen LogP contribution < -0.4 is 16.0 Å². The maximum Gasteiger partial charge on any atom is 0.223 e. The Morgan fingerprint density at radius 2 is 1.95 bits per heavy atom. The molecule has 2 rings (SSSR count). The molecule has 0 aliphatic heterocycles. The molecular weight excluding hydrogens is 309 g/mol. The summed E-state index contributed by atoms with van der Waals surface area (Å²) in [5.74, 6) is 0.284. The SMILES string of the molecule is CN(CCNC(=O)C1CCC(N)C1)c1ccccc1.Cl.Cl. The maximum absolute atomic E-state index is 11.9. The molecule has 0 heterocycles. The fourth-order valence-corrected chi connectivity index (χ4v) is 2.56. The minimum atomic E-state index is 0. The summed E-state index contributed by atoms with van der Waals surface area (Å²) in [7, 11) is 2.03. The minimum absolute atomic E-state index is 0. The summed E-state index contributed by atoms with van der Waals surface area (Å²) in [4.78, 5) is 14.1. The van der Waals surface area contributed by atoms with Crippen LogP contribution in [0.1, 0.15) is 19.3 Å². The smallest absolute Gasteiger partial charge is 0.223 e. The highest BCUT2D eigenvalue weighted by molar-refractivity contribution is 5.85. The van der Waals surface area contributed by atoms with Gasteiger partial charge in [-0.15, -0.1) is 24.8 Å². The Balaban J connectivity index is 0.00000200.